The molecule has 0 aliphatic carbocycles. The number of aromatic hydroxyl groups is 1. The van der Waals surface area contributed by atoms with Gasteiger partial charge in [-0.25, -0.2) is 0 Å². The molecular formula is C17H17BrN2O. The van der Waals surface area contributed by atoms with Gasteiger partial charge in [0.25, 0.3) is 0 Å². The van der Waals surface area contributed by atoms with E-state index < -0.39 is 0 Å². The van der Waals surface area contributed by atoms with E-state index >= 15 is 0 Å². The van der Waals surface area contributed by atoms with Crippen molar-refractivity contribution in [2.45, 2.75) is 12.3 Å². The molecule has 3 nitrogen and oxygen atoms in total. The Labute approximate surface area is 131 Å². The van der Waals surface area contributed by atoms with Gasteiger partial charge in [-0.05, 0) is 58.2 Å². The van der Waals surface area contributed by atoms with Crippen LogP contribution in [0.5, 0.6) is 5.75 Å². The van der Waals surface area contributed by atoms with Gasteiger partial charge < -0.3 is 15.8 Å². The molecule has 0 radical (unpaired) electrons. The maximum atomic E-state index is 9.58. The predicted octanol–water partition coefficient (Wildman–Crippen LogP) is 3.92. The zero-order chi connectivity index (χ0) is 14.8. The summed E-state index contributed by atoms with van der Waals surface area (Å²) in [5.74, 6) is 0.507. The number of nitrogens with two attached hydrogens (primary N) is 1. The fourth-order valence-corrected chi connectivity index (χ4v) is 3.14. The van der Waals surface area contributed by atoms with E-state index in [0.29, 0.717) is 6.54 Å². The van der Waals surface area contributed by atoms with Gasteiger partial charge in [0.2, 0.25) is 0 Å². The molecule has 0 saturated carbocycles. The first kappa shape index (κ1) is 14.2. The summed E-state index contributed by atoms with van der Waals surface area (Å²) in [6, 6.07) is 13.9. The van der Waals surface area contributed by atoms with Gasteiger partial charge in [0, 0.05) is 23.0 Å². The molecule has 3 rings (SSSR count). The van der Waals surface area contributed by atoms with Crippen molar-refractivity contribution in [1.29, 1.82) is 0 Å². The van der Waals surface area contributed by atoms with Crippen LogP contribution in [0.4, 0.5) is 0 Å². The van der Waals surface area contributed by atoms with E-state index in [1.807, 2.05) is 24.3 Å². The average molecular weight is 345 g/mol. The average Bonchev–Trinajstić information content (AvgIpc) is 2.92. The van der Waals surface area contributed by atoms with Gasteiger partial charge in [-0.2, -0.15) is 0 Å². The molecule has 1 unspecified atom stereocenters. The molecule has 0 saturated heterocycles. The van der Waals surface area contributed by atoms with Crippen LogP contribution in [0.15, 0.2) is 53.1 Å². The molecule has 1 aromatic heterocycles. The van der Waals surface area contributed by atoms with Crippen LogP contribution < -0.4 is 5.73 Å². The lowest BCUT2D eigenvalue weighted by molar-refractivity contribution is 0.471. The van der Waals surface area contributed by atoms with E-state index in [1.54, 1.807) is 6.07 Å². The number of fused-ring (bicyclic) bond motifs is 1. The topological polar surface area (TPSA) is 62.0 Å². The molecule has 0 spiro atoms. The van der Waals surface area contributed by atoms with E-state index in [9.17, 15) is 5.11 Å². The molecule has 4 N–H and O–H groups in total. The van der Waals surface area contributed by atoms with Gasteiger partial charge in [0.1, 0.15) is 5.75 Å². The molecule has 108 valence electrons. The van der Waals surface area contributed by atoms with Crippen molar-refractivity contribution in [2.75, 3.05) is 6.54 Å². The Morgan fingerprint density at radius 1 is 1.19 bits per heavy atom. The van der Waals surface area contributed by atoms with E-state index in [-0.39, 0.29) is 11.7 Å². The zero-order valence-electron chi connectivity index (χ0n) is 11.5. The number of aromatic nitrogens is 1. The summed E-state index contributed by atoms with van der Waals surface area (Å²) in [5.41, 5.74) is 9.53. The van der Waals surface area contributed by atoms with Crippen LogP contribution in [-0.2, 0) is 6.42 Å². The van der Waals surface area contributed by atoms with Crippen molar-refractivity contribution in [1.82, 2.24) is 4.98 Å². The first-order valence-electron chi connectivity index (χ1n) is 6.92. The minimum atomic E-state index is 0.248. The molecule has 0 aliphatic rings. The third kappa shape index (κ3) is 2.82. The second-order valence-electron chi connectivity index (χ2n) is 5.21. The number of halogens is 1. The van der Waals surface area contributed by atoms with Crippen LogP contribution >= 0.6 is 15.9 Å². The van der Waals surface area contributed by atoms with Gasteiger partial charge in [-0.15, -0.1) is 0 Å². The van der Waals surface area contributed by atoms with Crippen molar-refractivity contribution in [3.8, 4) is 5.75 Å². The molecule has 1 heterocycles. The Morgan fingerprint density at radius 2 is 2.00 bits per heavy atom. The smallest absolute Gasteiger partial charge is 0.129 e. The molecule has 0 fully saturated rings. The van der Waals surface area contributed by atoms with Crippen LogP contribution in [0, 0.1) is 0 Å². The number of aromatic amines is 1. The van der Waals surface area contributed by atoms with Gasteiger partial charge in [0.05, 0.1) is 4.47 Å². The predicted molar refractivity (Wildman–Crippen MR) is 89.6 cm³/mol. The largest absolute Gasteiger partial charge is 0.507 e. The molecule has 0 bridgehead atoms. The number of phenols is 1. The van der Waals surface area contributed by atoms with Crippen molar-refractivity contribution in [3.05, 3.63) is 64.3 Å². The summed E-state index contributed by atoms with van der Waals surface area (Å²) in [6.45, 7) is 0.584. The van der Waals surface area contributed by atoms with Crippen LogP contribution in [0.3, 0.4) is 0 Å². The minimum Gasteiger partial charge on any atom is -0.507 e. The minimum absolute atomic E-state index is 0.248. The molecule has 3 aromatic rings. The van der Waals surface area contributed by atoms with Crippen LogP contribution in [0.25, 0.3) is 10.9 Å². The summed E-state index contributed by atoms with van der Waals surface area (Å²) in [6.07, 6.45) is 2.90. The van der Waals surface area contributed by atoms with Gasteiger partial charge in [-0.3, -0.25) is 0 Å². The van der Waals surface area contributed by atoms with Crippen LogP contribution in [-0.4, -0.2) is 16.6 Å². The fraction of sp³-hybridized carbons (Fsp3) is 0.176. The molecular weight excluding hydrogens is 328 g/mol. The fourth-order valence-electron chi connectivity index (χ4n) is 2.71. The number of rotatable bonds is 4. The number of hydrogen-bond donors (Lipinski definition) is 3. The normalized spacial score (nSPS) is 12.7. The zero-order valence-corrected chi connectivity index (χ0v) is 13.1. The Balaban J connectivity index is 1.93. The van der Waals surface area contributed by atoms with Crippen molar-refractivity contribution in [3.63, 3.8) is 0 Å². The van der Waals surface area contributed by atoms with Crippen molar-refractivity contribution < 1.29 is 5.11 Å². The van der Waals surface area contributed by atoms with E-state index in [0.717, 1.165) is 22.0 Å². The summed E-state index contributed by atoms with van der Waals surface area (Å²) in [5, 5.41) is 10.8. The number of H-pyrrole nitrogens is 1. The number of para-hydroxylation sites is 1. The Bertz CT molecular complexity index is 766. The van der Waals surface area contributed by atoms with Crippen LogP contribution in [0.2, 0.25) is 0 Å². The number of benzene rings is 2. The van der Waals surface area contributed by atoms with Gasteiger partial charge >= 0.3 is 0 Å². The maximum Gasteiger partial charge on any atom is 0.129 e. The quantitative estimate of drug-likeness (QED) is 0.671. The second-order valence-corrected chi connectivity index (χ2v) is 6.07. The Hall–Kier alpha value is -1.78. The lowest BCUT2D eigenvalue weighted by atomic mass is 9.92. The third-order valence-corrected chi connectivity index (χ3v) is 4.47. The highest BCUT2D eigenvalue weighted by Crippen LogP contribution is 2.30. The Morgan fingerprint density at radius 3 is 2.76 bits per heavy atom. The number of phenolic OH excluding ortho intramolecular Hbond substituents is 1. The Kier molecular flexibility index (Phi) is 3.99. The molecule has 21 heavy (non-hydrogen) atoms. The lowest BCUT2D eigenvalue weighted by Gasteiger charge is -2.15. The van der Waals surface area contributed by atoms with E-state index in [2.05, 4.69) is 39.2 Å². The molecule has 4 heteroatoms. The van der Waals surface area contributed by atoms with Crippen molar-refractivity contribution in [2.24, 2.45) is 5.73 Å². The first-order chi connectivity index (χ1) is 10.2. The monoisotopic (exact) mass is 344 g/mol. The van der Waals surface area contributed by atoms with Crippen LogP contribution in [0.1, 0.15) is 17.0 Å². The number of nitrogens with one attached hydrogen (secondary N) is 1. The standard InChI is InChI=1S/C17H17BrN2O/c18-15-8-11(5-6-17(15)21)7-12(9-19)14-10-20-16-4-2-1-3-13(14)16/h1-6,8,10,12,20-21H,7,9,19H2. The summed E-state index contributed by atoms with van der Waals surface area (Å²) in [7, 11) is 0. The molecule has 1 atom stereocenters. The third-order valence-electron chi connectivity index (χ3n) is 3.84. The summed E-state index contributed by atoms with van der Waals surface area (Å²) in [4.78, 5) is 3.30. The van der Waals surface area contributed by atoms with Gasteiger partial charge in [-0.1, -0.05) is 24.3 Å². The number of hydrogen-bond acceptors (Lipinski definition) is 2. The highest BCUT2D eigenvalue weighted by molar-refractivity contribution is 9.10. The highest BCUT2D eigenvalue weighted by Gasteiger charge is 2.15. The summed E-state index contributed by atoms with van der Waals surface area (Å²) < 4.78 is 0.717. The van der Waals surface area contributed by atoms with Crippen molar-refractivity contribution >= 4 is 26.8 Å². The highest BCUT2D eigenvalue weighted by atomic mass is 79.9. The molecule has 2 aromatic carbocycles. The molecule has 0 amide bonds. The molecule has 0 aliphatic heterocycles. The van der Waals surface area contributed by atoms with Gasteiger partial charge in [0.15, 0.2) is 0 Å². The maximum absolute atomic E-state index is 9.58. The lowest BCUT2D eigenvalue weighted by Crippen LogP contribution is -2.14. The van der Waals surface area contributed by atoms with E-state index in [1.165, 1.54) is 10.9 Å². The first-order valence-corrected chi connectivity index (χ1v) is 7.72. The summed E-state index contributed by atoms with van der Waals surface area (Å²) >= 11 is 3.36. The van der Waals surface area contributed by atoms with E-state index in [4.69, 9.17) is 5.73 Å². The second kappa shape index (κ2) is 5.92. The SMILES string of the molecule is NCC(Cc1ccc(O)c(Br)c1)c1c[nH]c2ccccc12.